The third-order valence-electron chi connectivity index (χ3n) is 2.60. The Kier molecular flexibility index (Phi) is 1.93. The number of hydrogen-bond donors (Lipinski definition) is 2. The predicted molar refractivity (Wildman–Crippen MR) is 60.0 cm³/mol. The first-order valence-electron chi connectivity index (χ1n) is 5.04. The van der Waals surface area contributed by atoms with Crippen molar-refractivity contribution in [1.82, 2.24) is 5.32 Å². The quantitative estimate of drug-likeness (QED) is 0.766. The molecule has 0 saturated heterocycles. The van der Waals surface area contributed by atoms with Crippen LogP contribution in [0, 0.1) is 0 Å². The van der Waals surface area contributed by atoms with Crippen molar-refractivity contribution >= 4 is 11.7 Å². The molecule has 3 rings (SSSR count). The van der Waals surface area contributed by atoms with Crippen LogP contribution < -0.4 is 10.6 Å². The number of carbonyl (C=O) groups excluding carboxylic acids is 1. The molecule has 2 heterocycles. The van der Waals surface area contributed by atoms with Gasteiger partial charge in [-0.05, 0) is 35.9 Å². The van der Waals surface area contributed by atoms with Gasteiger partial charge in [-0.15, -0.1) is 0 Å². The lowest BCUT2D eigenvalue weighted by molar-refractivity contribution is 0.251. The number of anilines is 1. The molecule has 0 saturated carbocycles. The summed E-state index contributed by atoms with van der Waals surface area (Å²) in [6.07, 6.45) is 1.65. The molecule has 0 bridgehead atoms. The van der Waals surface area contributed by atoms with Crippen LogP contribution in [0.25, 0.3) is 11.3 Å². The number of urea groups is 1. The lowest BCUT2D eigenvalue weighted by Gasteiger charge is -2.18. The number of carbonyl (C=O) groups is 1. The van der Waals surface area contributed by atoms with Gasteiger partial charge in [-0.1, -0.05) is 0 Å². The Morgan fingerprint density at radius 1 is 1.25 bits per heavy atom. The van der Waals surface area contributed by atoms with E-state index in [1.807, 2.05) is 30.3 Å². The molecule has 4 nitrogen and oxygen atoms in total. The summed E-state index contributed by atoms with van der Waals surface area (Å²) in [5.41, 5.74) is 2.94. The Labute approximate surface area is 92.3 Å². The van der Waals surface area contributed by atoms with Crippen LogP contribution in [0.15, 0.2) is 41.0 Å². The Hall–Kier alpha value is -2.23. The van der Waals surface area contributed by atoms with E-state index in [1.54, 1.807) is 6.26 Å². The molecule has 16 heavy (non-hydrogen) atoms. The maximum absolute atomic E-state index is 11.1. The van der Waals surface area contributed by atoms with Crippen LogP contribution in [-0.4, -0.2) is 6.03 Å². The van der Waals surface area contributed by atoms with E-state index in [0.717, 1.165) is 22.6 Å². The number of furan rings is 1. The zero-order chi connectivity index (χ0) is 11.0. The van der Waals surface area contributed by atoms with Gasteiger partial charge in [-0.2, -0.15) is 0 Å². The maximum atomic E-state index is 11.1. The molecule has 0 fully saturated rings. The first kappa shape index (κ1) is 9.03. The van der Waals surface area contributed by atoms with Crippen molar-refractivity contribution in [3.63, 3.8) is 0 Å². The fourth-order valence-electron chi connectivity index (χ4n) is 1.80. The van der Waals surface area contributed by atoms with Gasteiger partial charge in [0.1, 0.15) is 5.76 Å². The Balaban J connectivity index is 2.03. The van der Waals surface area contributed by atoms with E-state index in [4.69, 9.17) is 4.42 Å². The monoisotopic (exact) mass is 214 g/mol. The lowest BCUT2D eigenvalue weighted by Crippen LogP contribution is -2.33. The second-order valence-electron chi connectivity index (χ2n) is 3.66. The van der Waals surface area contributed by atoms with Gasteiger partial charge in [0, 0.05) is 17.8 Å². The SMILES string of the molecule is O=C1NCc2cc(-c3ccco3)ccc2N1. The average Bonchev–Trinajstić information content (AvgIpc) is 2.82. The van der Waals surface area contributed by atoms with Crippen LogP contribution in [0.1, 0.15) is 5.56 Å². The van der Waals surface area contributed by atoms with Crippen LogP contribution in [0.4, 0.5) is 10.5 Å². The van der Waals surface area contributed by atoms with Crippen LogP contribution in [-0.2, 0) is 6.54 Å². The van der Waals surface area contributed by atoms with Gasteiger partial charge in [0.2, 0.25) is 0 Å². The van der Waals surface area contributed by atoms with Crippen molar-refractivity contribution < 1.29 is 9.21 Å². The zero-order valence-electron chi connectivity index (χ0n) is 8.49. The molecule has 2 N–H and O–H groups in total. The first-order chi connectivity index (χ1) is 7.83. The van der Waals surface area contributed by atoms with Crippen LogP contribution in [0.3, 0.4) is 0 Å². The van der Waals surface area contributed by atoms with Gasteiger partial charge in [0.05, 0.1) is 6.26 Å². The molecule has 1 aliphatic heterocycles. The summed E-state index contributed by atoms with van der Waals surface area (Å²) in [7, 11) is 0. The van der Waals surface area contributed by atoms with Gasteiger partial charge in [-0.25, -0.2) is 4.79 Å². The number of rotatable bonds is 1. The number of benzene rings is 1. The molecule has 0 aliphatic carbocycles. The van der Waals surface area contributed by atoms with E-state index in [2.05, 4.69) is 10.6 Å². The minimum Gasteiger partial charge on any atom is -0.464 e. The van der Waals surface area contributed by atoms with E-state index >= 15 is 0 Å². The summed E-state index contributed by atoms with van der Waals surface area (Å²) in [5, 5.41) is 5.48. The summed E-state index contributed by atoms with van der Waals surface area (Å²) >= 11 is 0. The molecule has 1 aromatic heterocycles. The number of nitrogens with one attached hydrogen (secondary N) is 2. The molecule has 0 atom stereocenters. The van der Waals surface area contributed by atoms with Gasteiger partial charge in [-0.3, -0.25) is 0 Å². The fourth-order valence-corrected chi connectivity index (χ4v) is 1.80. The number of fused-ring (bicyclic) bond motifs is 1. The van der Waals surface area contributed by atoms with E-state index in [1.165, 1.54) is 0 Å². The van der Waals surface area contributed by atoms with E-state index in [-0.39, 0.29) is 6.03 Å². The van der Waals surface area contributed by atoms with Crippen molar-refractivity contribution in [3.05, 3.63) is 42.2 Å². The molecule has 1 aromatic carbocycles. The molecule has 2 aromatic rings. The summed E-state index contributed by atoms with van der Waals surface area (Å²) in [6.45, 7) is 0.551. The largest absolute Gasteiger partial charge is 0.464 e. The molecule has 80 valence electrons. The Bertz CT molecular complexity index is 532. The Morgan fingerprint density at radius 2 is 2.19 bits per heavy atom. The van der Waals surface area contributed by atoms with Crippen LogP contribution in [0.2, 0.25) is 0 Å². The molecular formula is C12H10N2O2. The third kappa shape index (κ3) is 1.44. The number of hydrogen-bond acceptors (Lipinski definition) is 2. The topological polar surface area (TPSA) is 54.3 Å². The minimum absolute atomic E-state index is 0.154. The van der Waals surface area contributed by atoms with Crippen LogP contribution in [0.5, 0.6) is 0 Å². The molecule has 2 amide bonds. The van der Waals surface area contributed by atoms with Gasteiger partial charge in [0.15, 0.2) is 0 Å². The van der Waals surface area contributed by atoms with E-state index < -0.39 is 0 Å². The highest BCUT2D eigenvalue weighted by atomic mass is 16.3. The van der Waals surface area contributed by atoms with E-state index in [0.29, 0.717) is 6.54 Å². The highest BCUT2D eigenvalue weighted by Crippen LogP contribution is 2.26. The van der Waals surface area contributed by atoms with E-state index in [9.17, 15) is 4.79 Å². The summed E-state index contributed by atoms with van der Waals surface area (Å²) in [5.74, 6) is 0.833. The standard InChI is InChI=1S/C12H10N2O2/c15-12-13-7-9-6-8(3-4-10(9)14-12)11-2-1-5-16-11/h1-6H,7H2,(H2,13,14,15). The highest BCUT2D eigenvalue weighted by Gasteiger charge is 2.14. The summed E-state index contributed by atoms with van der Waals surface area (Å²) < 4.78 is 5.32. The van der Waals surface area contributed by atoms with Crippen molar-refractivity contribution in [3.8, 4) is 11.3 Å². The second-order valence-corrected chi connectivity index (χ2v) is 3.66. The smallest absolute Gasteiger partial charge is 0.319 e. The minimum atomic E-state index is -0.154. The van der Waals surface area contributed by atoms with Crippen molar-refractivity contribution in [1.29, 1.82) is 0 Å². The highest BCUT2D eigenvalue weighted by molar-refractivity contribution is 5.92. The van der Waals surface area contributed by atoms with Gasteiger partial charge in [0.25, 0.3) is 0 Å². The molecule has 1 aliphatic rings. The van der Waals surface area contributed by atoms with Crippen LogP contribution >= 0.6 is 0 Å². The molecule has 4 heteroatoms. The third-order valence-corrected chi connectivity index (χ3v) is 2.60. The second kappa shape index (κ2) is 3.41. The normalized spacial score (nSPS) is 13.9. The van der Waals surface area contributed by atoms with Crippen molar-refractivity contribution in [2.45, 2.75) is 6.54 Å². The lowest BCUT2D eigenvalue weighted by atomic mass is 10.1. The fraction of sp³-hybridized carbons (Fsp3) is 0.0833. The first-order valence-corrected chi connectivity index (χ1v) is 5.04. The molecular weight excluding hydrogens is 204 g/mol. The van der Waals surface area contributed by atoms with Gasteiger partial charge < -0.3 is 15.1 Å². The van der Waals surface area contributed by atoms with Crippen molar-refractivity contribution in [2.24, 2.45) is 0 Å². The summed E-state index contributed by atoms with van der Waals surface area (Å²) in [6, 6.07) is 9.46. The molecule has 0 unspecified atom stereocenters. The van der Waals surface area contributed by atoms with Crippen molar-refractivity contribution in [2.75, 3.05) is 5.32 Å². The number of amides is 2. The van der Waals surface area contributed by atoms with Gasteiger partial charge >= 0.3 is 6.03 Å². The molecule has 0 spiro atoms. The summed E-state index contributed by atoms with van der Waals surface area (Å²) in [4.78, 5) is 11.1. The average molecular weight is 214 g/mol. The molecule has 0 radical (unpaired) electrons. The predicted octanol–water partition coefficient (Wildman–Crippen LogP) is 2.58. The Morgan fingerprint density at radius 3 is 3.00 bits per heavy atom. The maximum Gasteiger partial charge on any atom is 0.319 e. The zero-order valence-corrected chi connectivity index (χ0v) is 8.49.